The van der Waals surface area contributed by atoms with Crippen molar-refractivity contribution in [3.8, 4) is 0 Å². The predicted molar refractivity (Wildman–Crippen MR) is 77.3 cm³/mol. The molecule has 0 saturated carbocycles. The fourth-order valence-electron chi connectivity index (χ4n) is 1.63. The Morgan fingerprint density at radius 2 is 2.05 bits per heavy atom. The molecule has 2 aromatic rings. The minimum atomic E-state index is 0.456. The van der Waals surface area contributed by atoms with Gasteiger partial charge in [-0.05, 0) is 0 Å². The number of thiazole rings is 1. The third-order valence-electron chi connectivity index (χ3n) is 2.66. The first-order valence-electron chi connectivity index (χ1n) is 6.61. The zero-order valence-corrected chi connectivity index (χ0v) is 12.7. The van der Waals surface area contributed by atoms with Crippen LogP contribution in [0.3, 0.4) is 0 Å². The third kappa shape index (κ3) is 4.11. The van der Waals surface area contributed by atoms with Crippen LogP contribution in [0.5, 0.6) is 0 Å². The third-order valence-corrected chi connectivity index (χ3v) is 3.86. The smallest absolute Gasteiger partial charge is 0.0965 e. The molecule has 5 nitrogen and oxygen atoms in total. The van der Waals surface area contributed by atoms with Crippen molar-refractivity contribution in [2.24, 2.45) is 0 Å². The lowest BCUT2D eigenvalue weighted by Gasteiger charge is -2.04. The van der Waals surface area contributed by atoms with Gasteiger partial charge in [0.05, 0.1) is 29.1 Å². The summed E-state index contributed by atoms with van der Waals surface area (Å²) >= 11 is 1.71. The molecule has 0 atom stereocenters. The maximum absolute atomic E-state index is 4.60. The molecule has 0 aromatic carbocycles. The molecule has 0 bridgehead atoms. The average molecular weight is 279 g/mol. The molecule has 0 amide bonds. The van der Waals surface area contributed by atoms with E-state index < -0.39 is 0 Å². The Hall–Kier alpha value is -1.27. The zero-order valence-electron chi connectivity index (χ0n) is 11.9. The first-order valence-corrected chi connectivity index (χ1v) is 7.49. The monoisotopic (exact) mass is 279 g/mol. The van der Waals surface area contributed by atoms with Crippen molar-refractivity contribution in [3.63, 3.8) is 0 Å². The van der Waals surface area contributed by atoms with Gasteiger partial charge in [0.2, 0.25) is 0 Å². The van der Waals surface area contributed by atoms with Gasteiger partial charge in [0.15, 0.2) is 0 Å². The van der Waals surface area contributed by atoms with Crippen LogP contribution in [0.1, 0.15) is 50.0 Å². The Morgan fingerprint density at radius 3 is 2.68 bits per heavy atom. The van der Waals surface area contributed by atoms with Crippen molar-refractivity contribution in [2.45, 2.75) is 52.7 Å². The summed E-state index contributed by atoms with van der Waals surface area (Å²) in [7, 11) is 0. The molecule has 2 rings (SSSR count). The first-order chi connectivity index (χ1) is 9.04. The average Bonchev–Trinajstić information content (AvgIpc) is 2.96. The summed E-state index contributed by atoms with van der Waals surface area (Å²) < 4.78 is 1.84. The number of aromatic nitrogens is 4. The molecule has 0 fully saturated rings. The number of hydrogen-bond donors (Lipinski definition) is 1. The Kier molecular flexibility index (Phi) is 4.66. The van der Waals surface area contributed by atoms with Gasteiger partial charge in [-0.3, -0.25) is 0 Å². The lowest BCUT2D eigenvalue weighted by atomic mass is 10.2. The second-order valence-electron chi connectivity index (χ2n) is 5.27. The number of nitrogens with one attached hydrogen (secondary N) is 1. The highest BCUT2D eigenvalue weighted by atomic mass is 32.1. The van der Waals surface area contributed by atoms with Crippen LogP contribution < -0.4 is 5.32 Å². The van der Waals surface area contributed by atoms with E-state index >= 15 is 0 Å². The quantitative estimate of drug-likeness (QED) is 0.882. The molecule has 6 heteroatoms. The number of rotatable bonds is 6. The fourth-order valence-corrected chi connectivity index (χ4v) is 2.46. The van der Waals surface area contributed by atoms with E-state index in [4.69, 9.17) is 0 Å². The van der Waals surface area contributed by atoms with E-state index in [0.29, 0.717) is 18.5 Å². The van der Waals surface area contributed by atoms with E-state index in [1.807, 2.05) is 10.9 Å². The van der Waals surface area contributed by atoms with Crippen molar-refractivity contribution in [1.82, 2.24) is 25.3 Å². The van der Waals surface area contributed by atoms with Crippen LogP contribution in [0.4, 0.5) is 0 Å². The largest absolute Gasteiger partial charge is 0.309 e. The molecule has 0 saturated heterocycles. The van der Waals surface area contributed by atoms with E-state index in [0.717, 1.165) is 17.9 Å². The van der Waals surface area contributed by atoms with Gasteiger partial charge < -0.3 is 5.32 Å². The maximum atomic E-state index is 4.60. The molecule has 104 valence electrons. The van der Waals surface area contributed by atoms with E-state index in [1.54, 1.807) is 11.3 Å². The minimum Gasteiger partial charge on any atom is -0.309 e. The number of nitrogens with zero attached hydrogens (tertiary/aromatic N) is 4. The molecule has 0 aliphatic rings. The van der Waals surface area contributed by atoms with Crippen LogP contribution >= 0.6 is 11.3 Å². The van der Waals surface area contributed by atoms with Gasteiger partial charge in [0, 0.05) is 23.9 Å². The molecule has 1 N–H and O–H groups in total. The Morgan fingerprint density at radius 1 is 1.26 bits per heavy atom. The van der Waals surface area contributed by atoms with Gasteiger partial charge in [-0.1, -0.05) is 32.9 Å². The molecule has 2 heterocycles. The minimum absolute atomic E-state index is 0.456. The van der Waals surface area contributed by atoms with Crippen molar-refractivity contribution >= 4 is 11.3 Å². The summed E-state index contributed by atoms with van der Waals surface area (Å²) in [6.07, 6.45) is 1.98. The molecule has 0 radical (unpaired) electrons. The topological polar surface area (TPSA) is 55.6 Å². The first kappa shape index (κ1) is 14.1. The molecule has 19 heavy (non-hydrogen) atoms. The van der Waals surface area contributed by atoms with E-state index in [2.05, 4.69) is 53.7 Å². The van der Waals surface area contributed by atoms with Gasteiger partial charge in [-0.15, -0.1) is 16.4 Å². The van der Waals surface area contributed by atoms with E-state index in [1.165, 1.54) is 5.01 Å². The van der Waals surface area contributed by atoms with Crippen molar-refractivity contribution < 1.29 is 0 Å². The molecular formula is C13H21N5S. The molecular weight excluding hydrogens is 258 g/mol. The van der Waals surface area contributed by atoms with Gasteiger partial charge in [0.25, 0.3) is 0 Å². The lowest BCUT2D eigenvalue weighted by molar-refractivity contribution is 0.580. The summed E-state index contributed by atoms with van der Waals surface area (Å²) in [6, 6.07) is 0.456. The standard InChI is InChI=1S/C13H21N5S/c1-9(2)13-15-12(8-19-13)7-18-6-11(16-17-18)5-14-10(3)4/h6,8-10,14H,5,7H2,1-4H3. The Labute approximate surface area is 118 Å². The highest BCUT2D eigenvalue weighted by molar-refractivity contribution is 7.09. The zero-order chi connectivity index (χ0) is 13.8. The summed E-state index contributed by atoms with van der Waals surface area (Å²) in [5.41, 5.74) is 2.02. The van der Waals surface area contributed by atoms with Crippen molar-refractivity contribution in [1.29, 1.82) is 0 Å². The van der Waals surface area contributed by atoms with Gasteiger partial charge in [-0.25, -0.2) is 9.67 Å². The fraction of sp³-hybridized carbons (Fsp3) is 0.615. The summed E-state index contributed by atoms with van der Waals surface area (Å²) in [5.74, 6) is 0.486. The van der Waals surface area contributed by atoms with E-state index in [9.17, 15) is 0 Å². The highest BCUT2D eigenvalue weighted by Crippen LogP contribution is 2.19. The second-order valence-corrected chi connectivity index (χ2v) is 6.16. The van der Waals surface area contributed by atoms with Gasteiger partial charge in [-0.2, -0.15) is 0 Å². The van der Waals surface area contributed by atoms with Crippen LogP contribution in [-0.4, -0.2) is 26.0 Å². The van der Waals surface area contributed by atoms with Crippen molar-refractivity contribution in [2.75, 3.05) is 0 Å². The van der Waals surface area contributed by atoms with Crippen LogP contribution in [0.2, 0.25) is 0 Å². The lowest BCUT2D eigenvalue weighted by Crippen LogP contribution is -2.21. The molecule has 0 spiro atoms. The van der Waals surface area contributed by atoms with Crippen LogP contribution in [0.25, 0.3) is 0 Å². The Bertz CT molecular complexity index is 515. The van der Waals surface area contributed by atoms with E-state index in [-0.39, 0.29) is 0 Å². The van der Waals surface area contributed by atoms with Crippen LogP contribution in [-0.2, 0) is 13.1 Å². The SMILES string of the molecule is CC(C)NCc1cn(Cc2csc(C(C)C)n2)nn1. The number of hydrogen-bond acceptors (Lipinski definition) is 5. The Balaban J connectivity index is 1.95. The molecule has 0 unspecified atom stereocenters. The molecule has 0 aliphatic heterocycles. The second kappa shape index (κ2) is 6.25. The highest BCUT2D eigenvalue weighted by Gasteiger charge is 2.07. The van der Waals surface area contributed by atoms with Gasteiger partial charge >= 0.3 is 0 Å². The normalized spacial score (nSPS) is 11.7. The summed E-state index contributed by atoms with van der Waals surface area (Å²) in [5, 5.41) is 14.9. The van der Waals surface area contributed by atoms with Gasteiger partial charge in [0.1, 0.15) is 0 Å². The predicted octanol–water partition coefficient (Wildman–Crippen LogP) is 2.40. The maximum Gasteiger partial charge on any atom is 0.0965 e. The van der Waals surface area contributed by atoms with Crippen LogP contribution in [0, 0.1) is 0 Å². The van der Waals surface area contributed by atoms with Crippen molar-refractivity contribution in [3.05, 3.63) is 28.0 Å². The molecule has 2 aromatic heterocycles. The molecule has 0 aliphatic carbocycles. The summed E-state index contributed by atoms with van der Waals surface area (Å²) in [6.45, 7) is 10.0. The van der Waals surface area contributed by atoms with Crippen LogP contribution in [0.15, 0.2) is 11.6 Å². The summed E-state index contributed by atoms with van der Waals surface area (Å²) in [4.78, 5) is 4.60.